The van der Waals surface area contributed by atoms with Gasteiger partial charge in [-0.05, 0) is 66.7 Å². The van der Waals surface area contributed by atoms with Gasteiger partial charge in [0.15, 0.2) is 0 Å². The number of hydrogen-bond donors (Lipinski definition) is 1. The zero-order valence-corrected chi connectivity index (χ0v) is 18.2. The second-order valence-corrected chi connectivity index (χ2v) is 8.66. The Kier molecular flexibility index (Phi) is 5.83. The van der Waals surface area contributed by atoms with E-state index in [4.69, 9.17) is 4.37 Å². The molecule has 1 aliphatic heterocycles. The normalized spacial score (nSPS) is 15.1. The van der Waals surface area contributed by atoms with Crippen LogP contribution in [0.2, 0.25) is 0 Å². The Balaban J connectivity index is 1.34. The summed E-state index contributed by atoms with van der Waals surface area (Å²) in [6, 6.07) is 12.8. The van der Waals surface area contributed by atoms with Crippen LogP contribution < -0.4 is 10.2 Å². The van der Waals surface area contributed by atoms with Crippen molar-refractivity contribution in [1.82, 2.24) is 9.27 Å². The first-order valence-corrected chi connectivity index (χ1v) is 11.0. The number of hydrogen-bond acceptors (Lipinski definition) is 5. The van der Waals surface area contributed by atoms with Gasteiger partial charge < -0.3 is 10.2 Å². The highest BCUT2D eigenvalue weighted by Gasteiger charge is 2.20. The fourth-order valence-corrected chi connectivity index (χ4v) is 4.83. The number of aromatic nitrogens is 1. The van der Waals surface area contributed by atoms with Gasteiger partial charge >= 0.3 is 0 Å². The van der Waals surface area contributed by atoms with E-state index in [1.807, 2.05) is 0 Å². The number of piperazine rings is 1. The van der Waals surface area contributed by atoms with Crippen molar-refractivity contribution in [2.45, 2.75) is 27.2 Å². The third kappa shape index (κ3) is 4.43. The van der Waals surface area contributed by atoms with E-state index >= 15 is 0 Å². The molecule has 4 rings (SSSR count). The standard InChI is InChI=1S/C23H28N4OS/c1-16-15-21(24-18(3)28)17(2)14-19(16)8-9-26-10-12-27(13-11-26)23-20-6-4-5-7-22(20)29-25-23/h4-7,14-15H,8-13H2,1-3H3,(H,24,28). The Morgan fingerprint density at radius 3 is 2.62 bits per heavy atom. The van der Waals surface area contributed by atoms with E-state index in [-0.39, 0.29) is 5.91 Å². The van der Waals surface area contributed by atoms with Crippen molar-refractivity contribution in [2.24, 2.45) is 0 Å². The Morgan fingerprint density at radius 2 is 1.86 bits per heavy atom. The van der Waals surface area contributed by atoms with Crippen molar-refractivity contribution in [3.8, 4) is 0 Å². The van der Waals surface area contributed by atoms with Crippen molar-refractivity contribution >= 4 is 39.0 Å². The number of aryl methyl sites for hydroxylation is 2. The molecule has 5 nitrogen and oxygen atoms in total. The summed E-state index contributed by atoms with van der Waals surface area (Å²) in [5.41, 5.74) is 4.65. The van der Waals surface area contributed by atoms with Crippen LogP contribution in [0.5, 0.6) is 0 Å². The molecular formula is C23H28N4OS. The lowest BCUT2D eigenvalue weighted by Gasteiger charge is -2.35. The molecule has 1 N–H and O–H groups in total. The molecule has 1 aliphatic rings. The predicted octanol–water partition coefficient (Wildman–Crippen LogP) is 4.24. The summed E-state index contributed by atoms with van der Waals surface area (Å²) in [5.74, 6) is 1.12. The van der Waals surface area contributed by atoms with Crippen LogP contribution in [0.3, 0.4) is 0 Å². The summed E-state index contributed by atoms with van der Waals surface area (Å²) in [4.78, 5) is 16.3. The number of rotatable bonds is 5. The van der Waals surface area contributed by atoms with Gasteiger partial charge in [-0.2, -0.15) is 4.37 Å². The second kappa shape index (κ2) is 8.51. The Bertz CT molecular complexity index is 1020. The van der Waals surface area contributed by atoms with E-state index in [0.717, 1.165) is 56.2 Å². The smallest absolute Gasteiger partial charge is 0.221 e. The molecule has 0 aliphatic carbocycles. The highest BCUT2D eigenvalue weighted by Crippen LogP contribution is 2.30. The van der Waals surface area contributed by atoms with Gasteiger partial charge in [-0.25, -0.2) is 0 Å². The van der Waals surface area contributed by atoms with Gasteiger partial charge in [-0.1, -0.05) is 18.2 Å². The molecule has 0 radical (unpaired) electrons. The van der Waals surface area contributed by atoms with Crippen LogP contribution in [0.1, 0.15) is 23.6 Å². The Hall–Kier alpha value is -2.44. The van der Waals surface area contributed by atoms with Crippen LogP contribution in [0.15, 0.2) is 36.4 Å². The minimum Gasteiger partial charge on any atom is -0.353 e. The zero-order chi connectivity index (χ0) is 20.4. The van der Waals surface area contributed by atoms with E-state index in [0.29, 0.717) is 0 Å². The molecule has 1 fully saturated rings. The lowest BCUT2D eigenvalue weighted by Crippen LogP contribution is -2.47. The molecule has 1 amide bonds. The molecule has 3 aromatic rings. The Labute approximate surface area is 176 Å². The van der Waals surface area contributed by atoms with E-state index in [9.17, 15) is 4.79 Å². The minimum absolute atomic E-state index is 0.0222. The molecule has 0 bridgehead atoms. The van der Waals surface area contributed by atoms with Crippen molar-refractivity contribution < 1.29 is 4.79 Å². The summed E-state index contributed by atoms with van der Waals surface area (Å²) in [7, 11) is 0. The SMILES string of the molecule is CC(=O)Nc1cc(C)c(CCN2CCN(c3nsc4ccccc34)CC2)cc1C. The highest BCUT2D eigenvalue weighted by atomic mass is 32.1. The number of benzene rings is 2. The van der Waals surface area contributed by atoms with Gasteiger partial charge in [0.2, 0.25) is 5.91 Å². The summed E-state index contributed by atoms with van der Waals surface area (Å²) in [6.07, 6.45) is 1.03. The number of nitrogens with zero attached hydrogens (tertiary/aromatic N) is 3. The lowest BCUT2D eigenvalue weighted by atomic mass is 10.0. The average Bonchev–Trinajstić information content (AvgIpc) is 3.14. The topological polar surface area (TPSA) is 48.5 Å². The highest BCUT2D eigenvalue weighted by molar-refractivity contribution is 7.13. The maximum Gasteiger partial charge on any atom is 0.221 e. The van der Waals surface area contributed by atoms with Gasteiger partial charge in [-0.15, -0.1) is 0 Å². The number of fused-ring (bicyclic) bond motifs is 1. The molecule has 2 heterocycles. The molecule has 1 aromatic heterocycles. The molecular weight excluding hydrogens is 380 g/mol. The van der Waals surface area contributed by atoms with Gasteiger partial charge in [0.1, 0.15) is 5.82 Å². The Morgan fingerprint density at radius 1 is 1.10 bits per heavy atom. The first-order valence-electron chi connectivity index (χ1n) is 10.2. The molecule has 29 heavy (non-hydrogen) atoms. The third-order valence-corrected chi connectivity index (χ3v) is 6.54. The van der Waals surface area contributed by atoms with Gasteiger partial charge in [-0.3, -0.25) is 9.69 Å². The molecule has 1 saturated heterocycles. The van der Waals surface area contributed by atoms with Crippen molar-refractivity contribution in [3.05, 3.63) is 53.1 Å². The fourth-order valence-electron chi connectivity index (χ4n) is 4.03. The van der Waals surface area contributed by atoms with Crippen molar-refractivity contribution in [2.75, 3.05) is 42.9 Å². The molecule has 0 spiro atoms. The van der Waals surface area contributed by atoms with Crippen LogP contribution >= 0.6 is 11.5 Å². The zero-order valence-electron chi connectivity index (χ0n) is 17.4. The third-order valence-electron chi connectivity index (χ3n) is 5.72. The lowest BCUT2D eigenvalue weighted by molar-refractivity contribution is -0.114. The average molecular weight is 409 g/mol. The quantitative estimate of drug-likeness (QED) is 0.686. The molecule has 0 atom stereocenters. The maximum atomic E-state index is 11.4. The summed E-state index contributed by atoms with van der Waals surface area (Å²) in [6.45, 7) is 11.0. The van der Waals surface area contributed by atoms with E-state index < -0.39 is 0 Å². The second-order valence-electron chi connectivity index (χ2n) is 7.86. The first-order chi connectivity index (χ1) is 14.0. The summed E-state index contributed by atoms with van der Waals surface area (Å²) in [5, 5.41) is 4.19. The number of nitrogens with one attached hydrogen (secondary N) is 1. The van der Waals surface area contributed by atoms with Gasteiger partial charge in [0, 0.05) is 50.7 Å². The van der Waals surface area contributed by atoms with Crippen LogP contribution in [0.25, 0.3) is 10.1 Å². The van der Waals surface area contributed by atoms with Crippen LogP contribution in [-0.2, 0) is 11.2 Å². The molecule has 152 valence electrons. The predicted molar refractivity (Wildman–Crippen MR) is 122 cm³/mol. The van der Waals surface area contributed by atoms with Crippen molar-refractivity contribution in [3.63, 3.8) is 0 Å². The summed E-state index contributed by atoms with van der Waals surface area (Å²) >= 11 is 1.59. The van der Waals surface area contributed by atoms with Gasteiger partial charge in [0.05, 0.1) is 4.70 Å². The fraction of sp³-hybridized carbons (Fsp3) is 0.391. The monoisotopic (exact) mass is 408 g/mol. The van der Waals surface area contributed by atoms with Crippen molar-refractivity contribution in [1.29, 1.82) is 0 Å². The largest absolute Gasteiger partial charge is 0.353 e. The molecule has 0 saturated carbocycles. The maximum absolute atomic E-state index is 11.4. The number of carbonyl (C=O) groups excluding carboxylic acids is 1. The number of amides is 1. The number of carbonyl (C=O) groups is 1. The van der Waals surface area contributed by atoms with Crippen LogP contribution in [-0.4, -0.2) is 47.9 Å². The summed E-state index contributed by atoms with van der Waals surface area (Å²) < 4.78 is 5.97. The number of anilines is 2. The molecule has 0 unspecified atom stereocenters. The molecule has 2 aromatic carbocycles. The van der Waals surface area contributed by atoms with E-state index in [1.165, 1.54) is 21.2 Å². The van der Waals surface area contributed by atoms with Gasteiger partial charge in [0.25, 0.3) is 0 Å². The van der Waals surface area contributed by atoms with E-state index in [2.05, 4.69) is 65.4 Å². The molecule has 6 heteroatoms. The van der Waals surface area contributed by atoms with Crippen LogP contribution in [0, 0.1) is 13.8 Å². The van der Waals surface area contributed by atoms with Crippen LogP contribution in [0.4, 0.5) is 11.5 Å². The minimum atomic E-state index is -0.0222. The van der Waals surface area contributed by atoms with E-state index in [1.54, 1.807) is 18.5 Å². The first kappa shape index (κ1) is 19.9.